The number of aryl methyl sites for hydroxylation is 2. The SMILES string of the molecule is C[C@@H]1CN(C(=O)CSc2nc3ccccc3n2CCc2ccccc2)C[C@H](C)O1. The zero-order chi connectivity index (χ0) is 20.2. The standard InChI is InChI=1S/C23H27N3O2S/c1-17-14-25(15-18(2)28-17)22(27)16-29-23-24-20-10-6-7-11-21(20)26(23)13-12-19-8-4-3-5-9-19/h3-11,17-18H,12-16H2,1-2H3/t17-,18+. The molecule has 2 aromatic carbocycles. The van der Waals surface area contributed by atoms with Crippen LogP contribution in [0, 0.1) is 0 Å². The summed E-state index contributed by atoms with van der Waals surface area (Å²) in [7, 11) is 0. The molecule has 0 unspecified atom stereocenters. The normalized spacial score (nSPS) is 19.6. The highest BCUT2D eigenvalue weighted by Crippen LogP contribution is 2.25. The summed E-state index contributed by atoms with van der Waals surface area (Å²) in [5.74, 6) is 0.548. The molecule has 0 aliphatic carbocycles. The van der Waals surface area contributed by atoms with Gasteiger partial charge in [-0.1, -0.05) is 54.2 Å². The number of carbonyl (C=O) groups excluding carboxylic acids is 1. The van der Waals surface area contributed by atoms with Gasteiger partial charge in [-0.25, -0.2) is 4.98 Å². The highest BCUT2D eigenvalue weighted by molar-refractivity contribution is 7.99. The van der Waals surface area contributed by atoms with Crippen molar-refractivity contribution in [2.24, 2.45) is 0 Å². The van der Waals surface area contributed by atoms with Gasteiger partial charge in [-0.15, -0.1) is 0 Å². The van der Waals surface area contributed by atoms with Crippen LogP contribution in [0.1, 0.15) is 19.4 Å². The molecule has 1 aliphatic rings. The first-order valence-corrected chi connectivity index (χ1v) is 11.1. The first-order valence-electron chi connectivity index (χ1n) is 10.2. The summed E-state index contributed by atoms with van der Waals surface area (Å²) >= 11 is 1.53. The maximum Gasteiger partial charge on any atom is 0.233 e. The van der Waals surface area contributed by atoms with Crippen LogP contribution in [0.15, 0.2) is 59.8 Å². The Balaban J connectivity index is 1.48. The van der Waals surface area contributed by atoms with Crippen LogP contribution in [-0.2, 0) is 22.5 Å². The molecule has 4 rings (SSSR count). The van der Waals surface area contributed by atoms with Crippen molar-refractivity contribution in [1.29, 1.82) is 0 Å². The molecule has 0 radical (unpaired) electrons. The van der Waals surface area contributed by atoms with Gasteiger partial charge in [0.25, 0.3) is 0 Å². The number of imidazole rings is 1. The minimum Gasteiger partial charge on any atom is -0.372 e. The number of aromatic nitrogens is 2. The lowest BCUT2D eigenvalue weighted by Gasteiger charge is -2.35. The molecular weight excluding hydrogens is 382 g/mol. The molecule has 0 saturated carbocycles. The van der Waals surface area contributed by atoms with Gasteiger partial charge in [-0.2, -0.15) is 0 Å². The van der Waals surface area contributed by atoms with Gasteiger partial charge in [0.15, 0.2) is 5.16 Å². The number of thioether (sulfide) groups is 1. The molecule has 2 atom stereocenters. The summed E-state index contributed by atoms with van der Waals surface area (Å²) in [6.45, 7) is 6.20. The molecule has 1 saturated heterocycles. The number of rotatable bonds is 6. The quantitative estimate of drug-likeness (QED) is 0.577. The van der Waals surface area contributed by atoms with Gasteiger partial charge < -0.3 is 14.2 Å². The molecular formula is C23H27N3O2S. The van der Waals surface area contributed by atoms with Crippen molar-refractivity contribution >= 4 is 28.7 Å². The molecule has 1 fully saturated rings. The smallest absolute Gasteiger partial charge is 0.233 e. The topological polar surface area (TPSA) is 47.4 Å². The van der Waals surface area contributed by atoms with E-state index in [1.165, 1.54) is 17.3 Å². The molecule has 0 spiro atoms. The summed E-state index contributed by atoms with van der Waals surface area (Å²) in [4.78, 5) is 19.5. The number of morpholine rings is 1. The maximum absolute atomic E-state index is 12.8. The fourth-order valence-corrected chi connectivity index (χ4v) is 4.81. The second kappa shape index (κ2) is 9.01. The lowest BCUT2D eigenvalue weighted by molar-refractivity contribution is -0.140. The minimum atomic E-state index is 0.0862. The molecule has 1 aromatic heterocycles. The largest absolute Gasteiger partial charge is 0.372 e. The van der Waals surface area contributed by atoms with Crippen LogP contribution in [0.4, 0.5) is 0 Å². The Morgan fingerprint density at radius 3 is 2.52 bits per heavy atom. The van der Waals surface area contributed by atoms with E-state index in [0.29, 0.717) is 18.8 Å². The average Bonchev–Trinajstić information content (AvgIpc) is 3.08. The van der Waals surface area contributed by atoms with Gasteiger partial charge in [0.2, 0.25) is 5.91 Å². The second-order valence-electron chi connectivity index (χ2n) is 7.62. The number of amides is 1. The maximum atomic E-state index is 12.8. The van der Waals surface area contributed by atoms with Crippen molar-refractivity contribution in [2.45, 2.75) is 44.2 Å². The van der Waals surface area contributed by atoms with E-state index in [1.54, 1.807) is 0 Å². The van der Waals surface area contributed by atoms with E-state index >= 15 is 0 Å². The van der Waals surface area contributed by atoms with Gasteiger partial charge >= 0.3 is 0 Å². The Hall–Kier alpha value is -2.31. The zero-order valence-corrected chi connectivity index (χ0v) is 17.8. The van der Waals surface area contributed by atoms with Crippen LogP contribution >= 0.6 is 11.8 Å². The highest BCUT2D eigenvalue weighted by atomic mass is 32.2. The molecule has 29 heavy (non-hydrogen) atoms. The van der Waals surface area contributed by atoms with Crippen molar-refractivity contribution in [3.8, 4) is 0 Å². The molecule has 1 amide bonds. The van der Waals surface area contributed by atoms with Crippen molar-refractivity contribution in [2.75, 3.05) is 18.8 Å². The summed E-state index contributed by atoms with van der Waals surface area (Å²) in [6, 6.07) is 18.7. The number of benzene rings is 2. The van der Waals surface area contributed by atoms with Gasteiger partial charge in [0.05, 0.1) is 29.0 Å². The molecule has 6 heteroatoms. The molecule has 2 heterocycles. The number of fused-ring (bicyclic) bond motifs is 1. The molecule has 1 aliphatic heterocycles. The number of nitrogens with zero attached hydrogens (tertiary/aromatic N) is 3. The lowest BCUT2D eigenvalue weighted by Crippen LogP contribution is -2.48. The van der Waals surface area contributed by atoms with E-state index in [4.69, 9.17) is 9.72 Å². The molecule has 3 aromatic rings. The molecule has 0 N–H and O–H groups in total. The van der Waals surface area contributed by atoms with E-state index in [2.05, 4.69) is 34.9 Å². The summed E-state index contributed by atoms with van der Waals surface area (Å²) in [6.07, 6.45) is 1.10. The van der Waals surface area contributed by atoms with E-state index < -0.39 is 0 Å². The van der Waals surface area contributed by atoms with Crippen LogP contribution in [0.3, 0.4) is 0 Å². The van der Waals surface area contributed by atoms with E-state index in [1.807, 2.05) is 43.0 Å². The molecule has 0 bridgehead atoms. The predicted octanol–water partition coefficient (Wildman–Crippen LogP) is 4.01. The number of hydrogen-bond donors (Lipinski definition) is 0. The zero-order valence-electron chi connectivity index (χ0n) is 17.0. The predicted molar refractivity (Wildman–Crippen MR) is 117 cm³/mol. The second-order valence-corrected chi connectivity index (χ2v) is 8.56. The van der Waals surface area contributed by atoms with E-state index in [0.717, 1.165) is 29.2 Å². The van der Waals surface area contributed by atoms with Crippen LogP contribution in [0.25, 0.3) is 11.0 Å². The third kappa shape index (κ3) is 4.82. The lowest BCUT2D eigenvalue weighted by atomic mass is 10.1. The van der Waals surface area contributed by atoms with Crippen molar-refractivity contribution in [3.63, 3.8) is 0 Å². The summed E-state index contributed by atoms with van der Waals surface area (Å²) in [5.41, 5.74) is 3.39. The fourth-order valence-electron chi connectivity index (χ4n) is 3.86. The van der Waals surface area contributed by atoms with Crippen molar-refractivity contribution < 1.29 is 9.53 Å². The van der Waals surface area contributed by atoms with Crippen LogP contribution in [0.5, 0.6) is 0 Å². The van der Waals surface area contributed by atoms with Crippen LogP contribution in [0.2, 0.25) is 0 Å². The molecule has 152 valence electrons. The Labute approximate surface area is 176 Å². The van der Waals surface area contributed by atoms with E-state index in [9.17, 15) is 4.79 Å². The number of hydrogen-bond acceptors (Lipinski definition) is 4. The molecule has 5 nitrogen and oxygen atoms in total. The fraction of sp³-hybridized carbons (Fsp3) is 0.391. The third-order valence-electron chi connectivity index (χ3n) is 5.18. The third-order valence-corrected chi connectivity index (χ3v) is 6.14. The van der Waals surface area contributed by atoms with Gasteiger partial charge in [-0.05, 0) is 38.0 Å². The van der Waals surface area contributed by atoms with Gasteiger partial charge in [0, 0.05) is 19.6 Å². The van der Waals surface area contributed by atoms with Gasteiger partial charge in [0.1, 0.15) is 0 Å². The summed E-state index contributed by atoms with van der Waals surface area (Å²) in [5, 5.41) is 0.907. The van der Waals surface area contributed by atoms with Crippen LogP contribution < -0.4 is 0 Å². The van der Waals surface area contributed by atoms with E-state index in [-0.39, 0.29) is 18.1 Å². The number of ether oxygens (including phenoxy) is 1. The van der Waals surface area contributed by atoms with Crippen molar-refractivity contribution in [1.82, 2.24) is 14.5 Å². The van der Waals surface area contributed by atoms with Gasteiger partial charge in [-0.3, -0.25) is 4.79 Å². The summed E-state index contributed by atoms with van der Waals surface area (Å²) < 4.78 is 7.99. The Morgan fingerprint density at radius 1 is 1.07 bits per heavy atom. The first-order chi connectivity index (χ1) is 14.1. The van der Waals surface area contributed by atoms with Crippen molar-refractivity contribution in [3.05, 3.63) is 60.2 Å². The Kier molecular flexibility index (Phi) is 6.21. The number of para-hydroxylation sites is 2. The highest BCUT2D eigenvalue weighted by Gasteiger charge is 2.26. The number of carbonyl (C=O) groups is 1. The van der Waals surface area contributed by atoms with Crippen LogP contribution in [-0.4, -0.2) is 51.4 Å². The first kappa shape index (κ1) is 20.0. The minimum absolute atomic E-state index is 0.0862. The monoisotopic (exact) mass is 409 g/mol. The Morgan fingerprint density at radius 2 is 1.76 bits per heavy atom. The average molecular weight is 410 g/mol. The Bertz CT molecular complexity index is 963.